The van der Waals surface area contributed by atoms with E-state index in [4.69, 9.17) is 10.1 Å². The molecule has 0 amide bonds. The normalized spacial score (nSPS) is 19.8. The summed E-state index contributed by atoms with van der Waals surface area (Å²) in [6, 6.07) is 12.5. The first kappa shape index (κ1) is 26.2. The Labute approximate surface area is 208 Å². The van der Waals surface area contributed by atoms with E-state index in [-0.39, 0.29) is 22.9 Å². The quantitative estimate of drug-likeness (QED) is 0.442. The van der Waals surface area contributed by atoms with E-state index in [1.807, 2.05) is 40.1 Å². The van der Waals surface area contributed by atoms with Gasteiger partial charge < -0.3 is 24.8 Å². The van der Waals surface area contributed by atoms with Gasteiger partial charge in [-0.15, -0.1) is 0 Å². The maximum atomic E-state index is 9.93. The van der Waals surface area contributed by atoms with Crippen LogP contribution in [0.1, 0.15) is 25.5 Å². The third kappa shape index (κ3) is 6.19. The SMILES string of the molecule is CN(C)CCNC(/C=C1/C(C#N)=C(C(=C=N)C#N)OC1(C)C)c1ccc(N2CCN(C)CC2)cc1. The average Bonchev–Trinajstić information content (AvgIpc) is 3.09. The molecule has 0 spiro atoms. The van der Waals surface area contributed by atoms with Crippen molar-refractivity contribution in [3.63, 3.8) is 0 Å². The second-order valence-electron chi connectivity index (χ2n) is 9.74. The van der Waals surface area contributed by atoms with E-state index in [1.165, 1.54) is 5.69 Å². The molecule has 2 N–H and O–H groups in total. The Balaban J connectivity index is 1.97. The van der Waals surface area contributed by atoms with Gasteiger partial charge in [-0.1, -0.05) is 18.2 Å². The zero-order chi connectivity index (χ0) is 25.6. The van der Waals surface area contributed by atoms with Crippen LogP contribution in [0.4, 0.5) is 5.69 Å². The number of allylic oxidation sites excluding steroid dienone is 1. The topological polar surface area (TPSA) is 102 Å². The molecule has 0 saturated carbocycles. The van der Waals surface area contributed by atoms with Gasteiger partial charge in [-0.05, 0) is 52.7 Å². The number of nitrogens with zero attached hydrogens (tertiary/aromatic N) is 5. The number of likely N-dealkylation sites (N-methyl/N-ethyl adjacent to an activating group) is 2. The fourth-order valence-corrected chi connectivity index (χ4v) is 4.33. The second kappa shape index (κ2) is 11.4. The molecule has 1 aromatic rings. The monoisotopic (exact) mass is 473 g/mol. The summed E-state index contributed by atoms with van der Waals surface area (Å²) in [6.45, 7) is 9.49. The van der Waals surface area contributed by atoms with Crippen LogP contribution in [0, 0.1) is 28.1 Å². The third-order valence-corrected chi connectivity index (χ3v) is 6.46. The maximum absolute atomic E-state index is 9.93. The third-order valence-electron chi connectivity index (χ3n) is 6.46. The number of rotatable bonds is 8. The summed E-state index contributed by atoms with van der Waals surface area (Å²) >= 11 is 0. The number of piperazine rings is 1. The lowest BCUT2D eigenvalue weighted by molar-refractivity contribution is 0.0949. The van der Waals surface area contributed by atoms with Gasteiger partial charge in [0.15, 0.2) is 11.3 Å². The van der Waals surface area contributed by atoms with Gasteiger partial charge in [0.05, 0.1) is 6.04 Å². The molecule has 8 nitrogen and oxygen atoms in total. The van der Waals surface area contributed by atoms with Gasteiger partial charge >= 0.3 is 0 Å². The van der Waals surface area contributed by atoms with Gasteiger partial charge in [-0.3, -0.25) is 5.41 Å². The molecule has 0 bridgehead atoms. The van der Waals surface area contributed by atoms with E-state index in [1.54, 1.807) is 0 Å². The van der Waals surface area contributed by atoms with Crippen LogP contribution in [-0.2, 0) is 4.74 Å². The average molecular weight is 474 g/mol. The predicted molar refractivity (Wildman–Crippen MR) is 138 cm³/mol. The van der Waals surface area contributed by atoms with Crippen LogP contribution < -0.4 is 10.2 Å². The molecule has 2 aliphatic heterocycles. The Morgan fingerprint density at radius 3 is 2.40 bits per heavy atom. The van der Waals surface area contributed by atoms with Crippen molar-refractivity contribution in [2.75, 3.05) is 65.3 Å². The van der Waals surface area contributed by atoms with E-state index in [0.717, 1.165) is 44.8 Å². The maximum Gasteiger partial charge on any atom is 0.166 e. The zero-order valence-corrected chi connectivity index (χ0v) is 21.4. The van der Waals surface area contributed by atoms with Crippen LogP contribution in [0.3, 0.4) is 0 Å². The molecule has 8 heteroatoms. The number of anilines is 1. The van der Waals surface area contributed by atoms with Gasteiger partial charge in [-0.2, -0.15) is 10.5 Å². The highest BCUT2D eigenvalue weighted by atomic mass is 16.5. The first-order valence-electron chi connectivity index (χ1n) is 11.9. The van der Waals surface area contributed by atoms with Crippen LogP contribution in [0.25, 0.3) is 0 Å². The summed E-state index contributed by atoms with van der Waals surface area (Å²) in [7, 11) is 6.21. The van der Waals surface area contributed by atoms with E-state index in [0.29, 0.717) is 5.57 Å². The second-order valence-corrected chi connectivity index (χ2v) is 9.74. The van der Waals surface area contributed by atoms with Gasteiger partial charge in [0.2, 0.25) is 0 Å². The molecule has 1 saturated heterocycles. The fourth-order valence-electron chi connectivity index (χ4n) is 4.33. The summed E-state index contributed by atoms with van der Waals surface area (Å²) in [5.74, 6) is 2.23. The lowest BCUT2D eigenvalue weighted by Crippen LogP contribution is -2.44. The van der Waals surface area contributed by atoms with E-state index in [2.05, 4.69) is 63.3 Å². The van der Waals surface area contributed by atoms with Gasteiger partial charge in [0.1, 0.15) is 23.3 Å². The molecule has 184 valence electrons. The molecule has 2 aliphatic rings. The molecule has 35 heavy (non-hydrogen) atoms. The van der Waals surface area contributed by atoms with Gasteiger partial charge in [-0.25, -0.2) is 0 Å². The Kier molecular flexibility index (Phi) is 8.51. The number of hydrogen-bond acceptors (Lipinski definition) is 8. The van der Waals surface area contributed by atoms with Crippen LogP contribution in [0.2, 0.25) is 0 Å². The van der Waals surface area contributed by atoms with Crippen LogP contribution >= 0.6 is 0 Å². The summed E-state index contributed by atoms with van der Waals surface area (Å²) < 4.78 is 6.00. The summed E-state index contributed by atoms with van der Waals surface area (Å²) in [5.41, 5.74) is 2.37. The summed E-state index contributed by atoms with van der Waals surface area (Å²) in [6.07, 6.45) is 2.02. The van der Waals surface area contributed by atoms with Crippen molar-refractivity contribution in [1.29, 1.82) is 15.9 Å². The number of hydrogen-bond donors (Lipinski definition) is 2. The molecule has 3 rings (SSSR count). The Hall–Kier alpha value is -3.39. The lowest BCUT2D eigenvalue weighted by Gasteiger charge is -2.34. The molecule has 0 aliphatic carbocycles. The number of nitriles is 2. The fraction of sp³-hybridized carbons (Fsp3) is 0.481. The van der Waals surface area contributed by atoms with Crippen molar-refractivity contribution in [3.8, 4) is 12.1 Å². The highest BCUT2D eigenvalue weighted by Gasteiger charge is 2.40. The van der Waals surface area contributed by atoms with Crippen molar-refractivity contribution in [2.45, 2.75) is 25.5 Å². The molecule has 0 aromatic heterocycles. The Morgan fingerprint density at radius 2 is 1.86 bits per heavy atom. The standard InChI is InChI=1S/C27H35N7O/c1-27(2)24(23(19-30)26(35-27)21(17-28)18-29)16-25(31-10-11-32(3)4)20-6-8-22(9-7-20)34-14-12-33(5)13-15-34/h6-9,16,25,28,31H,10-15H2,1-5H3/b24-16-. The van der Waals surface area contributed by atoms with E-state index in [9.17, 15) is 10.5 Å². The van der Waals surface area contributed by atoms with E-state index < -0.39 is 5.60 Å². The lowest BCUT2D eigenvalue weighted by atomic mass is 9.90. The van der Waals surface area contributed by atoms with Crippen molar-refractivity contribution in [2.24, 2.45) is 0 Å². The summed E-state index contributed by atoms with van der Waals surface area (Å²) in [5, 5.41) is 30.4. The minimum absolute atomic E-state index is 0.0772. The van der Waals surface area contributed by atoms with Crippen molar-refractivity contribution in [1.82, 2.24) is 15.1 Å². The van der Waals surface area contributed by atoms with Gasteiger partial charge in [0.25, 0.3) is 0 Å². The molecule has 1 aromatic carbocycles. The highest BCUT2D eigenvalue weighted by molar-refractivity contribution is 5.72. The molecule has 1 fully saturated rings. The van der Waals surface area contributed by atoms with Crippen LogP contribution in [0.15, 0.2) is 52.8 Å². The van der Waals surface area contributed by atoms with Crippen molar-refractivity contribution >= 4 is 11.6 Å². The summed E-state index contributed by atoms with van der Waals surface area (Å²) in [4.78, 5) is 6.86. The molecule has 1 atom stereocenters. The predicted octanol–water partition coefficient (Wildman–Crippen LogP) is 2.84. The molecular formula is C27H35N7O. The molecule has 2 heterocycles. The number of nitrogens with one attached hydrogen (secondary N) is 2. The van der Waals surface area contributed by atoms with Crippen LogP contribution in [-0.4, -0.2) is 81.7 Å². The smallest absolute Gasteiger partial charge is 0.166 e. The minimum Gasteiger partial charge on any atom is -0.480 e. The number of benzene rings is 1. The van der Waals surface area contributed by atoms with Crippen LogP contribution in [0.5, 0.6) is 0 Å². The van der Waals surface area contributed by atoms with Crippen molar-refractivity contribution in [3.05, 3.63) is 58.4 Å². The highest BCUT2D eigenvalue weighted by Crippen LogP contribution is 2.42. The zero-order valence-electron chi connectivity index (χ0n) is 21.4. The Morgan fingerprint density at radius 1 is 1.20 bits per heavy atom. The molecular weight excluding hydrogens is 438 g/mol. The van der Waals surface area contributed by atoms with Crippen molar-refractivity contribution < 1.29 is 4.74 Å². The molecule has 1 unspecified atom stereocenters. The Bertz CT molecular complexity index is 1100. The van der Waals surface area contributed by atoms with E-state index >= 15 is 0 Å². The molecule has 0 radical (unpaired) electrons. The largest absolute Gasteiger partial charge is 0.480 e. The minimum atomic E-state index is -0.819. The first-order valence-corrected chi connectivity index (χ1v) is 11.9. The first-order chi connectivity index (χ1) is 16.7. The van der Waals surface area contributed by atoms with Gasteiger partial charge in [0, 0.05) is 56.4 Å². The number of ether oxygens (including phenoxy) is 1.